The van der Waals surface area contributed by atoms with Crippen LogP contribution in [0.1, 0.15) is 17.0 Å². The van der Waals surface area contributed by atoms with Gasteiger partial charge < -0.3 is 29.0 Å². The van der Waals surface area contributed by atoms with E-state index in [2.05, 4.69) is 36.2 Å². The van der Waals surface area contributed by atoms with E-state index in [9.17, 15) is 4.79 Å². The van der Waals surface area contributed by atoms with Gasteiger partial charge in [-0.15, -0.1) is 6.58 Å². The van der Waals surface area contributed by atoms with Gasteiger partial charge in [-0.2, -0.15) is 0 Å². The van der Waals surface area contributed by atoms with Crippen LogP contribution in [0.4, 0.5) is 4.79 Å². The van der Waals surface area contributed by atoms with Crippen molar-refractivity contribution >= 4 is 6.09 Å². The lowest BCUT2D eigenvalue weighted by Crippen LogP contribution is -2.29. The molecule has 0 unspecified atom stereocenters. The van der Waals surface area contributed by atoms with Crippen molar-refractivity contribution in [2.24, 2.45) is 0 Å². The number of rotatable bonds is 16. The van der Waals surface area contributed by atoms with Gasteiger partial charge in [0.2, 0.25) is 0 Å². The minimum atomic E-state index is -0.439. The zero-order valence-electron chi connectivity index (χ0n) is 19.0. The van der Waals surface area contributed by atoms with Crippen molar-refractivity contribution in [2.45, 2.75) is 5.92 Å². The molecule has 0 aliphatic heterocycles. The van der Waals surface area contributed by atoms with Crippen LogP contribution in [-0.2, 0) is 23.7 Å². The Morgan fingerprint density at radius 1 is 0.788 bits per heavy atom. The van der Waals surface area contributed by atoms with Crippen LogP contribution >= 0.6 is 0 Å². The minimum absolute atomic E-state index is 0.0557. The highest BCUT2D eigenvalue weighted by molar-refractivity contribution is 5.79. The van der Waals surface area contributed by atoms with Crippen LogP contribution < -0.4 is 5.32 Å². The molecule has 178 valence electrons. The highest BCUT2D eigenvalue weighted by Crippen LogP contribution is 2.44. The molecule has 33 heavy (non-hydrogen) atoms. The number of alkyl carbamates (subject to hydrolysis) is 1. The molecule has 2 aromatic rings. The summed E-state index contributed by atoms with van der Waals surface area (Å²) in [7, 11) is 0. The van der Waals surface area contributed by atoms with E-state index in [1.54, 1.807) is 6.08 Å². The Morgan fingerprint density at radius 3 is 1.88 bits per heavy atom. The van der Waals surface area contributed by atoms with E-state index in [1.165, 1.54) is 22.3 Å². The van der Waals surface area contributed by atoms with Crippen molar-refractivity contribution in [3.05, 3.63) is 72.3 Å². The van der Waals surface area contributed by atoms with Gasteiger partial charge in [-0.25, -0.2) is 4.79 Å². The third kappa shape index (κ3) is 7.98. The number of amides is 1. The maximum atomic E-state index is 12.1. The van der Waals surface area contributed by atoms with Gasteiger partial charge in [-0.05, 0) is 22.3 Å². The van der Waals surface area contributed by atoms with E-state index >= 15 is 0 Å². The van der Waals surface area contributed by atoms with Crippen LogP contribution in [0.2, 0.25) is 0 Å². The summed E-state index contributed by atoms with van der Waals surface area (Å²) in [4.78, 5) is 12.1. The molecule has 0 bridgehead atoms. The molecule has 1 aliphatic rings. The van der Waals surface area contributed by atoms with Crippen molar-refractivity contribution in [3.63, 3.8) is 0 Å². The second-order valence-electron chi connectivity index (χ2n) is 7.45. The van der Waals surface area contributed by atoms with Gasteiger partial charge in [-0.3, -0.25) is 0 Å². The Balaban J connectivity index is 1.21. The van der Waals surface area contributed by atoms with Crippen LogP contribution in [0.15, 0.2) is 61.2 Å². The van der Waals surface area contributed by atoms with E-state index in [-0.39, 0.29) is 5.92 Å². The first-order valence-corrected chi connectivity index (χ1v) is 11.3. The Morgan fingerprint density at radius 2 is 1.30 bits per heavy atom. The fraction of sp³-hybridized carbons (Fsp3) is 0.423. The molecule has 3 rings (SSSR count). The Labute approximate surface area is 195 Å². The van der Waals surface area contributed by atoms with Gasteiger partial charge in [0, 0.05) is 12.5 Å². The lowest BCUT2D eigenvalue weighted by molar-refractivity contribution is 0.00129. The topological polar surface area (TPSA) is 75.3 Å². The maximum absolute atomic E-state index is 12.1. The molecule has 7 nitrogen and oxygen atoms in total. The first-order valence-electron chi connectivity index (χ1n) is 11.3. The van der Waals surface area contributed by atoms with E-state index in [0.29, 0.717) is 66.0 Å². The minimum Gasteiger partial charge on any atom is -0.449 e. The molecular formula is C26H33NO6. The van der Waals surface area contributed by atoms with Gasteiger partial charge in [0.15, 0.2) is 0 Å². The molecule has 0 radical (unpaired) electrons. The van der Waals surface area contributed by atoms with Gasteiger partial charge in [0.25, 0.3) is 0 Å². The average Bonchev–Trinajstić information content (AvgIpc) is 3.16. The zero-order chi connectivity index (χ0) is 23.1. The van der Waals surface area contributed by atoms with Gasteiger partial charge in [0.1, 0.15) is 6.61 Å². The molecule has 1 aliphatic carbocycles. The van der Waals surface area contributed by atoms with E-state index in [4.69, 9.17) is 23.7 Å². The van der Waals surface area contributed by atoms with Gasteiger partial charge >= 0.3 is 6.09 Å². The number of nitrogens with one attached hydrogen (secondary N) is 1. The largest absolute Gasteiger partial charge is 0.449 e. The molecule has 0 atom stereocenters. The van der Waals surface area contributed by atoms with E-state index in [0.717, 1.165) is 0 Å². The summed E-state index contributed by atoms with van der Waals surface area (Å²) in [6.45, 7) is 8.21. The summed E-state index contributed by atoms with van der Waals surface area (Å²) in [5.41, 5.74) is 4.81. The van der Waals surface area contributed by atoms with Crippen LogP contribution in [0.5, 0.6) is 0 Å². The first kappa shape index (κ1) is 24.9. The summed E-state index contributed by atoms with van der Waals surface area (Å²) in [5.74, 6) is 0.0557. The van der Waals surface area contributed by atoms with Gasteiger partial charge in [0.05, 0.1) is 52.9 Å². The fourth-order valence-electron chi connectivity index (χ4n) is 3.70. The van der Waals surface area contributed by atoms with Crippen LogP contribution in [0.25, 0.3) is 11.1 Å². The molecular weight excluding hydrogens is 422 g/mol. The maximum Gasteiger partial charge on any atom is 0.407 e. The summed E-state index contributed by atoms with van der Waals surface area (Å²) in [6, 6.07) is 16.5. The normalized spacial score (nSPS) is 12.2. The van der Waals surface area contributed by atoms with E-state index < -0.39 is 6.09 Å². The molecule has 2 aromatic carbocycles. The average molecular weight is 456 g/mol. The molecule has 0 aromatic heterocycles. The van der Waals surface area contributed by atoms with Crippen molar-refractivity contribution in [1.82, 2.24) is 5.32 Å². The number of hydrogen-bond donors (Lipinski definition) is 1. The second kappa shape index (κ2) is 14.4. The summed E-state index contributed by atoms with van der Waals surface area (Å²) < 4.78 is 27.0. The Bertz CT molecular complexity index is 826. The predicted octanol–water partition coefficient (Wildman–Crippen LogP) is 3.78. The van der Waals surface area contributed by atoms with E-state index in [1.807, 2.05) is 24.3 Å². The molecule has 1 N–H and O–H groups in total. The number of benzene rings is 2. The highest BCUT2D eigenvalue weighted by atomic mass is 16.6. The standard InChI is InChI=1S/C26H33NO6/c1-2-12-29-14-16-31-18-19-32-17-15-30-13-11-27-26(28)33-20-25-23-9-5-3-7-21(23)22-8-4-6-10-24(22)25/h2-10,25H,1,11-20H2,(H,27,28). The summed E-state index contributed by atoms with van der Waals surface area (Å²) >= 11 is 0. The number of carbonyl (C=O) groups is 1. The number of hydrogen-bond acceptors (Lipinski definition) is 6. The number of carbonyl (C=O) groups excluding carboxylic acids is 1. The lowest BCUT2D eigenvalue weighted by Gasteiger charge is -2.14. The third-order valence-corrected chi connectivity index (χ3v) is 5.21. The highest BCUT2D eigenvalue weighted by Gasteiger charge is 2.28. The van der Waals surface area contributed by atoms with Crippen LogP contribution in [0.3, 0.4) is 0 Å². The third-order valence-electron chi connectivity index (χ3n) is 5.21. The second-order valence-corrected chi connectivity index (χ2v) is 7.45. The lowest BCUT2D eigenvalue weighted by atomic mass is 9.98. The quantitative estimate of drug-likeness (QED) is 0.307. The molecule has 7 heteroatoms. The predicted molar refractivity (Wildman–Crippen MR) is 127 cm³/mol. The van der Waals surface area contributed by atoms with Crippen molar-refractivity contribution in [3.8, 4) is 11.1 Å². The summed E-state index contributed by atoms with van der Waals surface area (Å²) in [5, 5.41) is 2.73. The van der Waals surface area contributed by atoms with Crippen LogP contribution in [-0.4, -0.2) is 72.1 Å². The molecule has 0 spiro atoms. The SMILES string of the molecule is C=CCOCCOCCOCCOCCNC(=O)OCC1c2ccccc2-c2ccccc21. The number of ether oxygens (including phenoxy) is 5. The van der Waals surface area contributed by atoms with Crippen molar-refractivity contribution < 1.29 is 28.5 Å². The van der Waals surface area contributed by atoms with Crippen LogP contribution in [0, 0.1) is 0 Å². The smallest absolute Gasteiger partial charge is 0.407 e. The van der Waals surface area contributed by atoms with Crippen molar-refractivity contribution in [1.29, 1.82) is 0 Å². The Kier molecular flexibility index (Phi) is 10.9. The number of fused-ring (bicyclic) bond motifs is 3. The molecule has 0 saturated carbocycles. The molecule has 0 fully saturated rings. The molecule has 1 amide bonds. The monoisotopic (exact) mass is 455 g/mol. The Hall–Kier alpha value is -2.71. The summed E-state index contributed by atoms with van der Waals surface area (Å²) in [6.07, 6.45) is 1.27. The molecule has 0 saturated heterocycles. The van der Waals surface area contributed by atoms with Crippen molar-refractivity contribution in [2.75, 3.05) is 66.0 Å². The molecule has 0 heterocycles. The first-order chi connectivity index (χ1) is 16.3. The van der Waals surface area contributed by atoms with Gasteiger partial charge in [-0.1, -0.05) is 54.6 Å². The zero-order valence-corrected chi connectivity index (χ0v) is 19.0. The fourth-order valence-corrected chi connectivity index (χ4v) is 3.70.